The Hall–Kier alpha value is -1.55. The summed E-state index contributed by atoms with van der Waals surface area (Å²) in [4.78, 5) is 14.2. The first kappa shape index (κ1) is 14.1. The van der Waals surface area contributed by atoms with Gasteiger partial charge >= 0.3 is 6.09 Å². The van der Waals surface area contributed by atoms with Gasteiger partial charge in [-0.1, -0.05) is 30.3 Å². The number of hydrogen-bond acceptors (Lipinski definition) is 3. The molecule has 1 amide bonds. The highest BCUT2D eigenvalue weighted by Crippen LogP contribution is 2.51. The highest BCUT2D eigenvalue weighted by Gasteiger charge is 2.52. The number of likely N-dealkylation sites (tertiary alicyclic amines) is 1. The quantitative estimate of drug-likeness (QED) is 0.913. The van der Waals surface area contributed by atoms with Gasteiger partial charge in [-0.2, -0.15) is 0 Å². The fourth-order valence-corrected chi connectivity index (χ4v) is 4.86. The minimum Gasteiger partial charge on any atom is -0.445 e. The Labute approximate surface area is 131 Å². The zero-order chi connectivity index (χ0) is 15.1. The fourth-order valence-electron chi connectivity index (χ4n) is 4.86. The lowest BCUT2D eigenvalue weighted by Crippen LogP contribution is -2.47. The van der Waals surface area contributed by atoms with Gasteiger partial charge in [0, 0.05) is 13.1 Å². The van der Waals surface area contributed by atoms with E-state index in [1.807, 2.05) is 35.2 Å². The van der Waals surface area contributed by atoms with Gasteiger partial charge in [-0.3, -0.25) is 0 Å². The number of ether oxygens (including phenoxy) is 1. The maximum atomic E-state index is 12.3. The summed E-state index contributed by atoms with van der Waals surface area (Å²) in [5, 5.41) is 10.2. The van der Waals surface area contributed by atoms with E-state index in [4.69, 9.17) is 4.74 Å². The Morgan fingerprint density at radius 1 is 1.14 bits per heavy atom. The molecule has 0 unspecified atom stereocenters. The molecule has 118 valence electrons. The maximum Gasteiger partial charge on any atom is 0.410 e. The highest BCUT2D eigenvalue weighted by molar-refractivity contribution is 5.68. The van der Waals surface area contributed by atoms with Gasteiger partial charge in [0.25, 0.3) is 0 Å². The van der Waals surface area contributed by atoms with Crippen LogP contribution in [0.1, 0.15) is 24.8 Å². The predicted molar refractivity (Wildman–Crippen MR) is 82.0 cm³/mol. The molecule has 1 N–H and O–H groups in total. The van der Waals surface area contributed by atoms with Crippen LogP contribution in [0.2, 0.25) is 0 Å². The van der Waals surface area contributed by atoms with Crippen LogP contribution in [-0.4, -0.2) is 35.3 Å². The van der Waals surface area contributed by atoms with Crippen molar-refractivity contribution < 1.29 is 14.6 Å². The van der Waals surface area contributed by atoms with E-state index in [1.165, 1.54) is 6.42 Å². The molecule has 1 aromatic carbocycles. The van der Waals surface area contributed by atoms with Gasteiger partial charge in [-0.25, -0.2) is 4.79 Å². The summed E-state index contributed by atoms with van der Waals surface area (Å²) in [6, 6.07) is 9.79. The average Bonchev–Trinajstić information content (AvgIpc) is 3.01. The summed E-state index contributed by atoms with van der Waals surface area (Å²) in [5.41, 5.74) is 1.02. The van der Waals surface area contributed by atoms with Crippen LogP contribution in [0.5, 0.6) is 0 Å². The predicted octanol–water partition coefficient (Wildman–Crippen LogP) is 2.66. The lowest BCUT2D eigenvalue weighted by Gasteiger charge is -2.47. The molecular weight excluding hydrogens is 278 g/mol. The number of carbonyl (C=O) groups excluding carboxylic acids is 1. The van der Waals surface area contributed by atoms with Crippen LogP contribution in [0, 0.1) is 23.7 Å². The summed E-state index contributed by atoms with van der Waals surface area (Å²) < 4.78 is 5.46. The van der Waals surface area contributed by atoms with E-state index in [1.54, 1.807) is 0 Å². The lowest BCUT2D eigenvalue weighted by atomic mass is 9.58. The minimum absolute atomic E-state index is 0.153. The zero-order valence-electron chi connectivity index (χ0n) is 12.7. The molecule has 1 aliphatic heterocycles. The highest BCUT2D eigenvalue weighted by atomic mass is 16.6. The number of fused-ring (bicyclic) bond motifs is 2. The van der Waals surface area contributed by atoms with Crippen LogP contribution >= 0.6 is 0 Å². The standard InChI is InChI=1S/C18H23NO3/c20-17-8-13-6-7-14(17)16-10-19(9-15(13)16)18(21)22-11-12-4-2-1-3-5-12/h1-5,13-17,20H,6-11H2/t13-,14-,15+,16-,17-/m1/s1. The van der Waals surface area contributed by atoms with E-state index in [2.05, 4.69) is 0 Å². The number of carbonyl (C=O) groups is 1. The van der Waals surface area contributed by atoms with E-state index >= 15 is 0 Å². The molecule has 5 rings (SSSR count). The Morgan fingerprint density at radius 3 is 2.68 bits per heavy atom. The molecule has 1 heterocycles. The summed E-state index contributed by atoms with van der Waals surface area (Å²) in [6.07, 6.45) is 2.92. The van der Waals surface area contributed by atoms with Crippen molar-refractivity contribution in [3.63, 3.8) is 0 Å². The summed E-state index contributed by atoms with van der Waals surface area (Å²) >= 11 is 0. The first-order chi connectivity index (χ1) is 10.7. The van der Waals surface area contributed by atoms with Crippen molar-refractivity contribution in [3.8, 4) is 0 Å². The van der Waals surface area contributed by atoms with Crippen molar-refractivity contribution in [1.82, 2.24) is 4.90 Å². The third kappa shape index (κ3) is 2.39. The molecule has 5 atom stereocenters. The molecule has 1 aromatic rings. The Morgan fingerprint density at radius 2 is 1.91 bits per heavy atom. The van der Waals surface area contributed by atoms with Gasteiger partial charge in [0.2, 0.25) is 0 Å². The van der Waals surface area contributed by atoms with E-state index in [0.717, 1.165) is 31.5 Å². The summed E-state index contributed by atoms with van der Waals surface area (Å²) in [5.74, 6) is 2.04. The van der Waals surface area contributed by atoms with Crippen molar-refractivity contribution in [2.24, 2.45) is 23.7 Å². The number of rotatable bonds is 2. The second-order valence-corrected chi connectivity index (χ2v) is 7.08. The van der Waals surface area contributed by atoms with Crippen LogP contribution in [0.25, 0.3) is 0 Å². The molecule has 22 heavy (non-hydrogen) atoms. The monoisotopic (exact) mass is 301 g/mol. The number of benzene rings is 1. The molecular formula is C18H23NO3. The first-order valence-corrected chi connectivity index (χ1v) is 8.36. The van der Waals surface area contributed by atoms with Crippen LogP contribution in [-0.2, 0) is 11.3 Å². The number of amides is 1. The first-order valence-electron chi connectivity index (χ1n) is 8.36. The van der Waals surface area contributed by atoms with Crippen LogP contribution in [0.3, 0.4) is 0 Å². The van der Waals surface area contributed by atoms with Gasteiger partial charge < -0.3 is 14.7 Å². The van der Waals surface area contributed by atoms with E-state index < -0.39 is 0 Å². The molecule has 4 heteroatoms. The summed E-state index contributed by atoms with van der Waals surface area (Å²) in [6.45, 7) is 1.91. The topological polar surface area (TPSA) is 49.8 Å². The molecule has 2 bridgehead atoms. The average molecular weight is 301 g/mol. The van der Waals surface area contributed by atoms with Crippen molar-refractivity contribution in [2.75, 3.05) is 13.1 Å². The van der Waals surface area contributed by atoms with Crippen molar-refractivity contribution in [2.45, 2.75) is 32.0 Å². The second kappa shape index (κ2) is 5.58. The van der Waals surface area contributed by atoms with Crippen LogP contribution in [0.15, 0.2) is 30.3 Å². The molecule has 4 aliphatic rings. The van der Waals surface area contributed by atoms with E-state index in [0.29, 0.717) is 30.3 Å². The molecule has 4 fully saturated rings. The van der Waals surface area contributed by atoms with Crippen molar-refractivity contribution in [1.29, 1.82) is 0 Å². The SMILES string of the molecule is O=C(OCc1ccccc1)N1C[C@@H]2[C@H]3CC[C@H](C[C@H]3O)[C@@H]2C1. The van der Waals surface area contributed by atoms with Gasteiger partial charge in [-0.15, -0.1) is 0 Å². The number of aliphatic hydroxyl groups is 1. The molecule has 4 nitrogen and oxygen atoms in total. The zero-order valence-corrected chi connectivity index (χ0v) is 12.7. The Balaban J connectivity index is 1.37. The number of aliphatic hydroxyl groups excluding tert-OH is 1. The van der Waals surface area contributed by atoms with Crippen molar-refractivity contribution >= 4 is 6.09 Å². The molecule has 0 aromatic heterocycles. The smallest absolute Gasteiger partial charge is 0.410 e. The van der Waals surface area contributed by atoms with Gasteiger partial charge in [0.15, 0.2) is 0 Å². The molecule has 3 aliphatic carbocycles. The molecule has 3 saturated carbocycles. The van der Waals surface area contributed by atoms with E-state index in [9.17, 15) is 9.90 Å². The summed E-state index contributed by atoms with van der Waals surface area (Å²) in [7, 11) is 0. The van der Waals surface area contributed by atoms with Crippen LogP contribution in [0.4, 0.5) is 4.79 Å². The Bertz CT molecular complexity index is 547. The third-order valence-electron chi connectivity index (χ3n) is 5.94. The molecule has 1 saturated heterocycles. The number of hydrogen-bond donors (Lipinski definition) is 1. The maximum absolute atomic E-state index is 12.3. The second-order valence-electron chi connectivity index (χ2n) is 7.08. The van der Waals surface area contributed by atoms with Crippen molar-refractivity contribution in [3.05, 3.63) is 35.9 Å². The molecule has 0 spiro atoms. The third-order valence-corrected chi connectivity index (χ3v) is 5.94. The van der Waals surface area contributed by atoms with E-state index in [-0.39, 0.29) is 12.2 Å². The van der Waals surface area contributed by atoms with Gasteiger partial charge in [-0.05, 0) is 48.5 Å². The fraction of sp³-hybridized carbons (Fsp3) is 0.611. The lowest BCUT2D eigenvalue weighted by molar-refractivity contribution is -0.0574. The van der Waals surface area contributed by atoms with Gasteiger partial charge in [0.1, 0.15) is 6.61 Å². The number of nitrogens with zero attached hydrogens (tertiary/aromatic N) is 1. The largest absolute Gasteiger partial charge is 0.445 e. The normalized spacial score (nSPS) is 36.2. The Kier molecular flexibility index (Phi) is 3.57. The van der Waals surface area contributed by atoms with Gasteiger partial charge in [0.05, 0.1) is 6.10 Å². The minimum atomic E-state index is -0.202. The molecule has 0 radical (unpaired) electrons. The van der Waals surface area contributed by atoms with Crippen LogP contribution < -0.4 is 0 Å².